The van der Waals surface area contributed by atoms with Gasteiger partial charge >= 0.3 is 0 Å². The van der Waals surface area contributed by atoms with Crippen LogP contribution in [0.2, 0.25) is 0 Å². The molecule has 0 amide bonds. The molecule has 94 valence electrons. The predicted molar refractivity (Wildman–Crippen MR) is 66.5 cm³/mol. The van der Waals surface area contributed by atoms with Gasteiger partial charge in [0.15, 0.2) is 0 Å². The van der Waals surface area contributed by atoms with Gasteiger partial charge in [-0.3, -0.25) is 0 Å². The zero-order chi connectivity index (χ0) is 12.5. The molecule has 5 nitrogen and oxygen atoms in total. The van der Waals surface area contributed by atoms with Gasteiger partial charge in [0.05, 0.1) is 6.04 Å². The highest BCUT2D eigenvalue weighted by atomic mass is 32.2. The van der Waals surface area contributed by atoms with E-state index in [-0.39, 0.29) is 6.04 Å². The van der Waals surface area contributed by atoms with E-state index in [1.807, 2.05) is 37.4 Å². The maximum absolute atomic E-state index is 11.6. The Morgan fingerprint density at radius 1 is 1.24 bits per heavy atom. The molecule has 2 N–H and O–H groups in total. The number of nitrogens with two attached hydrogens (primary N) is 1. The van der Waals surface area contributed by atoms with Gasteiger partial charge in [-0.2, -0.15) is 12.7 Å². The molecule has 1 unspecified atom stereocenters. The van der Waals surface area contributed by atoms with Crippen molar-refractivity contribution in [1.82, 2.24) is 9.21 Å². The monoisotopic (exact) mass is 255 g/mol. The van der Waals surface area contributed by atoms with Gasteiger partial charge in [0.1, 0.15) is 0 Å². The second kappa shape index (κ2) is 4.73. The molecule has 0 bridgehead atoms. The van der Waals surface area contributed by atoms with Crippen molar-refractivity contribution in [3.05, 3.63) is 35.9 Å². The number of likely N-dealkylation sites (N-methyl/N-ethyl adjacent to an activating group) is 1. The van der Waals surface area contributed by atoms with E-state index >= 15 is 0 Å². The molecule has 6 heteroatoms. The molecule has 1 fully saturated rings. The third-order valence-corrected chi connectivity index (χ3v) is 4.14. The second-order valence-corrected chi connectivity index (χ2v) is 5.84. The Bertz CT molecular complexity index is 475. The molecule has 1 aromatic carbocycles. The summed E-state index contributed by atoms with van der Waals surface area (Å²) in [5.74, 6) is 0. The van der Waals surface area contributed by atoms with Crippen molar-refractivity contribution in [2.24, 2.45) is 5.14 Å². The largest absolute Gasteiger partial charge is 0.303 e. The zero-order valence-electron chi connectivity index (χ0n) is 9.78. The number of piperazine rings is 1. The molecule has 0 radical (unpaired) electrons. The third-order valence-electron chi connectivity index (χ3n) is 3.05. The highest BCUT2D eigenvalue weighted by Crippen LogP contribution is 2.25. The van der Waals surface area contributed by atoms with Gasteiger partial charge in [0.2, 0.25) is 0 Å². The van der Waals surface area contributed by atoms with Crippen LogP contribution in [-0.2, 0) is 10.2 Å². The minimum absolute atomic E-state index is 0.190. The fraction of sp³-hybridized carbons (Fsp3) is 0.455. The maximum atomic E-state index is 11.6. The van der Waals surface area contributed by atoms with Crippen LogP contribution in [0.15, 0.2) is 30.3 Å². The van der Waals surface area contributed by atoms with Crippen LogP contribution in [0.25, 0.3) is 0 Å². The van der Waals surface area contributed by atoms with Gasteiger partial charge in [0, 0.05) is 19.6 Å². The van der Waals surface area contributed by atoms with Crippen LogP contribution >= 0.6 is 0 Å². The second-order valence-electron chi connectivity index (χ2n) is 4.34. The summed E-state index contributed by atoms with van der Waals surface area (Å²) in [6.45, 7) is 1.81. The third kappa shape index (κ3) is 2.84. The lowest BCUT2D eigenvalue weighted by Crippen LogP contribution is -2.51. The topological polar surface area (TPSA) is 66.6 Å². The minimum atomic E-state index is -3.64. The van der Waals surface area contributed by atoms with Gasteiger partial charge < -0.3 is 4.90 Å². The Labute approximate surface area is 102 Å². The Hall–Kier alpha value is -0.950. The lowest BCUT2D eigenvalue weighted by atomic mass is 10.1. The first-order valence-electron chi connectivity index (χ1n) is 5.51. The van der Waals surface area contributed by atoms with Crippen LogP contribution in [-0.4, -0.2) is 44.3 Å². The van der Waals surface area contributed by atoms with Crippen molar-refractivity contribution in [2.75, 3.05) is 26.7 Å². The van der Waals surface area contributed by atoms with Crippen molar-refractivity contribution in [1.29, 1.82) is 0 Å². The summed E-state index contributed by atoms with van der Waals surface area (Å²) in [7, 11) is -1.66. The van der Waals surface area contributed by atoms with Gasteiger partial charge in [0.25, 0.3) is 10.2 Å². The first kappa shape index (κ1) is 12.5. The fourth-order valence-corrected chi connectivity index (χ4v) is 3.03. The summed E-state index contributed by atoms with van der Waals surface area (Å²) in [5, 5.41) is 5.26. The van der Waals surface area contributed by atoms with Gasteiger partial charge in [-0.15, -0.1) is 0 Å². The van der Waals surface area contributed by atoms with E-state index in [1.54, 1.807) is 0 Å². The van der Waals surface area contributed by atoms with Gasteiger partial charge in [-0.25, -0.2) is 5.14 Å². The van der Waals surface area contributed by atoms with Crippen LogP contribution in [0, 0.1) is 0 Å². The molecule has 1 atom stereocenters. The maximum Gasteiger partial charge on any atom is 0.277 e. The fourth-order valence-electron chi connectivity index (χ4n) is 2.15. The lowest BCUT2D eigenvalue weighted by Gasteiger charge is -2.38. The zero-order valence-corrected chi connectivity index (χ0v) is 10.6. The SMILES string of the molecule is CN1CCN(S(N)(=O)=O)C(c2ccccc2)C1. The molecular formula is C11H17N3O2S. The standard InChI is InChI=1S/C11H17N3O2S/c1-13-7-8-14(17(12,15)16)11(9-13)10-5-3-2-4-6-10/h2-6,11H,7-9H2,1H3,(H2,12,15,16). The van der Waals surface area contributed by atoms with Crippen molar-refractivity contribution in [2.45, 2.75) is 6.04 Å². The molecule has 1 heterocycles. The quantitative estimate of drug-likeness (QED) is 0.819. The van der Waals surface area contributed by atoms with Gasteiger partial charge in [-0.05, 0) is 12.6 Å². The van der Waals surface area contributed by atoms with Crippen LogP contribution in [0.1, 0.15) is 11.6 Å². The number of benzene rings is 1. The Kier molecular flexibility index (Phi) is 3.48. The molecule has 0 spiro atoms. The summed E-state index contributed by atoms with van der Waals surface area (Å²) in [6.07, 6.45) is 0. The average Bonchev–Trinajstić information content (AvgIpc) is 2.28. The predicted octanol–water partition coefficient (Wildman–Crippen LogP) is 0.179. The van der Waals surface area contributed by atoms with E-state index in [0.29, 0.717) is 19.6 Å². The molecular weight excluding hydrogens is 238 g/mol. The van der Waals surface area contributed by atoms with Crippen LogP contribution in [0.3, 0.4) is 0 Å². The number of rotatable bonds is 2. The molecule has 0 aromatic heterocycles. The summed E-state index contributed by atoms with van der Waals surface area (Å²) >= 11 is 0. The van der Waals surface area contributed by atoms with Crippen molar-refractivity contribution < 1.29 is 8.42 Å². The molecule has 2 rings (SSSR count). The summed E-state index contributed by atoms with van der Waals surface area (Å²) in [4.78, 5) is 2.11. The van der Waals surface area contributed by atoms with E-state index in [1.165, 1.54) is 4.31 Å². The van der Waals surface area contributed by atoms with Crippen molar-refractivity contribution >= 4 is 10.2 Å². The normalized spacial score (nSPS) is 23.8. The lowest BCUT2D eigenvalue weighted by molar-refractivity contribution is 0.161. The summed E-state index contributed by atoms with van der Waals surface area (Å²) in [6, 6.07) is 9.41. The number of hydrogen-bond acceptors (Lipinski definition) is 3. The van der Waals surface area contributed by atoms with Crippen LogP contribution < -0.4 is 5.14 Å². The first-order chi connectivity index (χ1) is 7.98. The minimum Gasteiger partial charge on any atom is -0.303 e. The van der Waals surface area contributed by atoms with E-state index in [2.05, 4.69) is 4.90 Å². The van der Waals surface area contributed by atoms with Crippen molar-refractivity contribution in [3.63, 3.8) is 0 Å². The molecule has 1 aliphatic heterocycles. The number of hydrogen-bond donors (Lipinski definition) is 1. The summed E-state index contributed by atoms with van der Waals surface area (Å²) < 4.78 is 24.5. The van der Waals surface area contributed by atoms with E-state index in [0.717, 1.165) is 5.56 Å². The highest BCUT2D eigenvalue weighted by molar-refractivity contribution is 7.86. The molecule has 0 aliphatic carbocycles. The van der Waals surface area contributed by atoms with Crippen molar-refractivity contribution in [3.8, 4) is 0 Å². The summed E-state index contributed by atoms with van der Waals surface area (Å²) in [5.41, 5.74) is 0.980. The highest BCUT2D eigenvalue weighted by Gasteiger charge is 2.32. The molecule has 1 aliphatic rings. The molecule has 1 saturated heterocycles. The Balaban J connectivity index is 2.33. The molecule has 17 heavy (non-hydrogen) atoms. The number of nitrogens with zero attached hydrogens (tertiary/aromatic N) is 2. The van der Waals surface area contributed by atoms with Gasteiger partial charge in [-0.1, -0.05) is 30.3 Å². The smallest absolute Gasteiger partial charge is 0.277 e. The average molecular weight is 255 g/mol. The van der Waals surface area contributed by atoms with Crippen LogP contribution in [0.4, 0.5) is 0 Å². The molecule has 0 saturated carbocycles. The van der Waals surface area contributed by atoms with E-state index in [4.69, 9.17) is 5.14 Å². The Morgan fingerprint density at radius 2 is 1.88 bits per heavy atom. The van der Waals surface area contributed by atoms with E-state index in [9.17, 15) is 8.42 Å². The van der Waals surface area contributed by atoms with Crippen LogP contribution in [0.5, 0.6) is 0 Å². The first-order valence-corrected chi connectivity index (χ1v) is 7.02. The molecule has 1 aromatic rings. The Morgan fingerprint density at radius 3 is 2.47 bits per heavy atom. The van der Waals surface area contributed by atoms with E-state index < -0.39 is 10.2 Å².